The molecule has 0 amide bonds. The highest BCUT2D eigenvalue weighted by molar-refractivity contribution is 7.89. The van der Waals surface area contributed by atoms with E-state index < -0.39 is 10.0 Å². The van der Waals surface area contributed by atoms with E-state index in [1.807, 2.05) is 0 Å². The van der Waals surface area contributed by atoms with E-state index in [0.717, 1.165) is 16.5 Å². The van der Waals surface area contributed by atoms with Crippen molar-refractivity contribution in [2.24, 2.45) is 5.14 Å². The van der Waals surface area contributed by atoms with E-state index in [1.165, 1.54) is 36.5 Å². The molecule has 3 N–H and O–H groups in total. The van der Waals surface area contributed by atoms with Crippen LogP contribution in [0, 0.1) is 0 Å². The van der Waals surface area contributed by atoms with Crippen LogP contribution in [0.4, 0.5) is 5.13 Å². The SMILES string of the molecule is NS(=O)(=O)c1ccc(CNc2nc(C3CC3)ns2)cc1. The Morgan fingerprint density at radius 1 is 1.30 bits per heavy atom. The van der Waals surface area contributed by atoms with Crippen molar-refractivity contribution in [3.05, 3.63) is 35.7 Å². The quantitative estimate of drug-likeness (QED) is 0.875. The van der Waals surface area contributed by atoms with Crippen LogP contribution in [-0.2, 0) is 16.6 Å². The second kappa shape index (κ2) is 5.12. The molecule has 1 aliphatic rings. The number of primary sulfonamides is 1. The molecule has 0 atom stereocenters. The minimum atomic E-state index is -3.63. The lowest BCUT2D eigenvalue weighted by Gasteiger charge is -2.03. The van der Waals surface area contributed by atoms with E-state index in [2.05, 4.69) is 14.7 Å². The fraction of sp³-hybridized carbons (Fsp3) is 0.333. The molecule has 1 saturated carbocycles. The van der Waals surface area contributed by atoms with Crippen LogP contribution >= 0.6 is 11.5 Å². The monoisotopic (exact) mass is 310 g/mol. The van der Waals surface area contributed by atoms with Crippen LogP contribution in [-0.4, -0.2) is 17.8 Å². The summed E-state index contributed by atoms with van der Waals surface area (Å²) in [7, 11) is -3.63. The first-order chi connectivity index (χ1) is 9.52. The predicted octanol–water partition coefficient (Wildman–Crippen LogP) is 1.67. The van der Waals surface area contributed by atoms with Crippen molar-refractivity contribution in [1.82, 2.24) is 9.36 Å². The first kappa shape index (κ1) is 13.5. The van der Waals surface area contributed by atoms with Gasteiger partial charge in [-0.25, -0.2) is 18.5 Å². The van der Waals surface area contributed by atoms with E-state index >= 15 is 0 Å². The van der Waals surface area contributed by atoms with Gasteiger partial charge in [0.25, 0.3) is 0 Å². The Labute approximate surface area is 121 Å². The zero-order chi connectivity index (χ0) is 14.2. The minimum Gasteiger partial charge on any atom is -0.356 e. The number of sulfonamides is 1. The van der Waals surface area contributed by atoms with Gasteiger partial charge in [0.1, 0.15) is 5.82 Å². The standard InChI is InChI=1S/C12H14N4O2S2/c13-20(17,18)10-5-1-8(2-6-10)7-14-12-15-11(16-19-12)9-3-4-9/h1-2,5-6,9H,3-4,7H2,(H2,13,17,18)(H,14,15,16). The third-order valence-electron chi connectivity index (χ3n) is 3.08. The van der Waals surface area contributed by atoms with E-state index in [0.29, 0.717) is 12.5 Å². The molecule has 1 heterocycles. The van der Waals surface area contributed by atoms with E-state index in [-0.39, 0.29) is 4.90 Å². The summed E-state index contributed by atoms with van der Waals surface area (Å²) < 4.78 is 26.6. The van der Waals surface area contributed by atoms with Gasteiger partial charge in [0.2, 0.25) is 15.2 Å². The molecule has 0 radical (unpaired) electrons. The summed E-state index contributed by atoms with van der Waals surface area (Å²) in [6.45, 7) is 0.574. The van der Waals surface area contributed by atoms with Crippen LogP contribution < -0.4 is 10.5 Å². The van der Waals surface area contributed by atoms with Crippen LogP contribution in [0.2, 0.25) is 0 Å². The average Bonchev–Trinajstić information content (AvgIpc) is 3.15. The molecular formula is C12H14N4O2S2. The lowest BCUT2D eigenvalue weighted by atomic mass is 10.2. The van der Waals surface area contributed by atoms with Crippen molar-refractivity contribution in [3.8, 4) is 0 Å². The Kier molecular flexibility index (Phi) is 3.45. The smallest absolute Gasteiger partial charge is 0.238 e. The third-order valence-corrected chi connectivity index (χ3v) is 4.70. The number of benzene rings is 1. The lowest BCUT2D eigenvalue weighted by molar-refractivity contribution is 0.598. The van der Waals surface area contributed by atoms with Crippen molar-refractivity contribution in [2.75, 3.05) is 5.32 Å². The minimum absolute atomic E-state index is 0.119. The van der Waals surface area contributed by atoms with Gasteiger partial charge in [0, 0.05) is 24.0 Å². The molecule has 1 aromatic heterocycles. The van der Waals surface area contributed by atoms with Crippen molar-refractivity contribution < 1.29 is 8.42 Å². The number of hydrogen-bond donors (Lipinski definition) is 2. The van der Waals surface area contributed by atoms with Crippen molar-refractivity contribution in [1.29, 1.82) is 0 Å². The second-order valence-corrected chi connectivity index (χ2v) is 7.09. The third kappa shape index (κ3) is 3.14. The first-order valence-electron chi connectivity index (χ1n) is 6.21. The van der Waals surface area contributed by atoms with Gasteiger partial charge in [-0.15, -0.1) is 0 Å². The highest BCUT2D eigenvalue weighted by Crippen LogP contribution is 2.39. The van der Waals surface area contributed by atoms with Crippen LogP contribution in [0.5, 0.6) is 0 Å². The van der Waals surface area contributed by atoms with Gasteiger partial charge in [-0.05, 0) is 30.5 Å². The zero-order valence-electron chi connectivity index (χ0n) is 10.6. The van der Waals surface area contributed by atoms with Gasteiger partial charge in [0.15, 0.2) is 0 Å². The molecule has 0 spiro atoms. The molecule has 20 heavy (non-hydrogen) atoms. The Morgan fingerprint density at radius 3 is 2.60 bits per heavy atom. The Balaban J connectivity index is 1.62. The number of hydrogen-bond acceptors (Lipinski definition) is 6. The van der Waals surface area contributed by atoms with Crippen LogP contribution in [0.25, 0.3) is 0 Å². The van der Waals surface area contributed by atoms with Crippen LogP contribution in [0.3, 0.4) is 0 Å². The van der Waals surface area contributed by atoms with E-state index in [9.17, 15) is 8.42 Å². The van der Waals surface area contributed by atoms with Crippen LogP contribution in [0.15, 0.2) is 29.2 Å². The molecule has 8 heteroatoms. The average molecular weight is 310 g/mol. The maximum atomic E-state index is 11.1. The molecule has 1 fully saturated rings. The highest BCUT2D eigenvalue weighted by atomic mass is 32.2. The Hall–Kier alpha value is -1.51. The molecule has 106 valence electrons. The molecule has 0 bridgehead atoms. The largest absolute Gasteiger partial charge is 0.356 e. The number of aromatic nitrogens is 2. The summed E-state index contributed by atoms with van der Waals surface area (Å²) in [4.78, 5) is 4.54. The summed E-state index contributed by atoms with van der Waals surface area (Å²) in [5.74, 6) is 1.48. The number of nitrogens with one attached hydrogen (secondary N) is 1. The van der Waals surface area contributed by atoms with Crippen LogP contribution in [0.1, 0.15) is 30.1 Å². The molecular weight excluding hydrogens is 296 g/mol. The second-order valence-electron chi connectivity index (χ2n) is 4.77. The Morgan fingerprint density at radius 2 is 2.00 bits per heavy atom. The van der Waals surface area contributed by atoms with E-state index in [4.69, 9.17) is 5.14 Å². The molecule has 0 aliphatic heterocycles. The summed E-state index contributed by atoms with van der Waals surface area (Å²) in [6.07, 6.45) is 2.37. The van der Waals surface area contributed by atoms with Crippen molar-refractivity contribution >= 4 is 26.7 Å². The molecule has 2 aromatic rings. The topological polar surface area (TPSA) is 98.0 Å². The molecule has 0 saturated heterocycles. The van der Waals surface area contributed by atoms with Gasteiger partial charge in [-0.3, -0.25) is 0 Å². The highest BCUT2D eigenvalue weighted by Gasteiger charge is 2.27. The molecule has 6 nitrogen and oxygen atoms in total. The van der Waals surface area contributed by atoms with E-state index in [1.54, 1.807) is 12.1 Å². The fourth-order valence-corrected chi connectivity index (χ4v) is 2.95. The molecule has 3 rings (SSSR count). The lowest BCUT2D eigenvalue weighted by Crippen LogP contribution is -2.12. The first-order valence-corrected chi connectivity index (χ1v) is 8.53. The predicted molar refractivity (Wildman–Crippen MR) is 77.0 cm³/mol. The summed E-state index contributed by atoms with van der Waals surface area (Å²) in [5, 5.41) is 9.03. The summed E-state index contributed by atoms with van der Waals surface area (Å²) in [6, 6.07) is 6.47. The Bertz CT molecular complexity index is 705. The zero-order valence-corrected chi connectivity index (χ0v) is 12.2. The maximum Gasteiger partial charge on any atom is 0.238 e. The maximum absolute atomic E-state index is 11.1. The number of rotatable bonds is 5. The molecule has 0 unspecified atom stereocenters. The number of anilines is 1. The molecule has 1 aromatic carbocycles. The van der Waals surface area contributed by atoms with Gasteiger partial charge in [-0.1, -0.05) is 12.1 Å². The van der Waals surface area contributed by atoms with Gasteiger partial charge in [0.05, 0.1) is 4.90 Å². The van der Waals surface area contributed by atoms with Gasteiger partial charge in [-0.2, -0.15) is 4.37 Å². The van der Waals surface area contributed by atoms with Gasteiger partial charge < -0.3 is 5.32 Å². The fourth-order valence-electron chi connectivity index (χ4n) is 1.79. The van der Waals surface area contributed by atoms with Crippen molar-refractivity contribution in [3.63, 3.8) is 0 Å². The number of nitrogens with zero attached hydrogens (tertiary/aromatic N) is 2. The molecule has 1 aliphatic carbocycles. The van der Waals surface area contributed by atoms with Gasteiger partial charge >= 0.3 is 0 Å². The summed E-state index contributed by atoms with van der Waals surface area (Å²) >= 11 is 1.36. The normalized spacial score (nSPS) is 15.2. The number of nitrogens with two attached hydrogens (primary N) is 1. The van der Waals surface area contributed by atoms with Crippen molar-refractivity contribution in [2.45, 2.75) is 30.2 Å². The summed E-state index contributed by atoms with van der Waals surface area (Å²) in [5.41, 5.74) is 0.959.